The molecule has 0 spiro atoms. The van der Waals surface area contributed by atoms with Gasteiger partial charge in [-0.2, -0.15) is 9.36 Å². The molecule has 0 fully saturated rings. The summed E-state index contributed by atoms with van der Waals surface area (Å²) in [4.78, 5) is 4.21. The van der Waals surface area contributed by atoms with Crippen molar-refractivity contribution in [2.45, 2.75) is 0 Å². The topological polar surface area (TPSA) is 49.8 Å². The second-order valence-corrected chi connectivity index (χ2v) is 3.42. The number of nitrogens with one attached hydrogen (secondary N) is 2. The van der Waals surface area contributed by atoms with Gasteiger partial charge in [0.1, 0.15) is 0 Å². The zero-order chi connectivity index (χ0) is 9.80. The van der Waals surface area contributed by atoms with Crippen LogP contribution in [0.1, 0.15) is 0 Å². The van der Waals surface area contributed by atoms with Crippen molar-refractivity contribution in [1.29, 1.82) is 0 Å². The van der Waals surface area contributed by atoms with E-state index < -0.39 is 0 Å². The summed E-state index contributed by atoms with van der Waals surface area (Å²) in [5.74, 6) is 0.630. The molecule has 0 saturated carbocycles. The Labute approximate surface area is 86.2 Å². The Balaban J connectivity index is 2.11. The summed E-state index contributed by atoms with van der Waals surface area (Å²) in [5.41, 5.74) is 0.993. The quantitative estimate of drug-likeness (QED) is 0.809. The van der Waals surface area contributed by atoms with Crippen LogP contribution in [-0.4, -0.2) is 16.4 Å². The Morgan fingerprint density at radius 1 is 1.21 bits per heavy atom. The molecule has 5 heteroatoms. The van der Waals surface area contributed by atoms with E-state index in [2.05, 4.69) is 20.0 Å². The number of hydrogen-bond donors (Lipinski definition) is 2. The highest BCUT2D eigenvalue weighted by molar-refractivity contribution is 7.09. The van der Waals surface area contributed by atoms with E-state index in [9.17, 15) is 0 Å². The van der Waals surface area contributed by atoms with Gasteiger partial charge < -0.3 is 10.6 Å². The molecule has 2 N–H and O–H groups in total. The summed E-state index contributed by atoms with van der Waals surface area (Å²) in [6, 6.07) is 9.85. The molecule has 72 valence electrons. The SMILES string of the molecule is CNc1nc(Nc2ccccc2)ns1. The molecule has 4 nitrogen and oxygen atoms in total. The first-order chi connectivity index (χ1) is 6.88. The van der Waals surface area contributed by atoms with Crippen LogP contribution in [0.3, 0.4) is 0 Å². The van der Waals surface area contributed by atoms with Crippen LogP contribution >= 0.6 is 11.5 Å². The summed E-state index contributed by atoms with van der Waals surface area (Å²) < 4.78 is 4.14. The van der Waals surface area contributed by atoms with Crippen LogP contribution in [0.25, 0.3) is 0 Å². The Morgan fingerprint density at radius 3 is 2.64 bits per heavy atom. The van der Waals surface area contributed by atoms with Crippen LogP contribution < -0.4 is 10.6 Å². The molecule has 0 amide bonds. The van der Waals surface area contributed by atoms with Crippen LogP contribution in [0.2, 0.25) is 0 Å². The molecule has 0 radical (unpaired) electrons. The molecule has 0 unspecified atom stereocenters. The largest absolute Gasteiger partial charge is 0.363 e. The number of hydrogen-bond acceptors (Lipinski definition) is 5. The third-order valence-corrected chi connectivity index (χ3v) is 2.40. The maximum Gasteiger partial charge on any atom is 0.240 e. The van der Waals surface area contributed by atoms with E-state index in [0.717, 1.165) is 10.8 Å². The molecule has 0 atom stereocenters. The number of nitrogens with zero attached hydrogens (tertiary/aromatic N) is 2. The van der Waals surface area contributed by atoms with Gasteiger partial charge in [0.2, 0.25) is 11.1 Å². The van der Waals surface area contributed by atoms with Crippen LogP contribution in [0.4, 0.5) is 16.8 Å². The summed E-state index contributed by atoms with van der Waals surface area (Å²) in [5, 5.41) is 6.85. The summed E-state index contributed by atoms with van der Waals surface area (Å²) in [6.45, 7) is 0. The lowest BCUT2D eigenvalue weighted by atomic mass is 10.3. The Hall–Kier alpha value is -1.62. The highest BCUT2D eigenvalue weighted by Gasteiger charge is 2.01. The monoisotopic (exact) mass is 206 g/mol. The molecule has 1 aromatic carbocycles. The zero-order valence-electron chi connectivity index (χ0n) is 7.69. The molecule has 0 saturated heterocycles. The fourth-order valence-electron chi connectivity index (χ4n) is 1.03. The van der Waals surface area contributed by atoms with Crippen molar-refractivity contribution in [3.63, 3.8) is 0 Å². The first-order valence-electron chi connectivity index (χ1n) is 4.22. The van der Waals surface area contributed by atoms with Gasteiger partial charge in [-0.15, -0.1) is 0 Å². The normalized spacial score (nSPS) is 9.79. The molecule has 0 aliphatic carbocycles. The predicted octanol–water partition coefficient (Wildman–Crippen LogP) is 2.32. The van der Waals surface area contributed by atoms with Crippen molar-refractivity contribution < 1.29 is 0 Å². The van der Waals surface area contributed by atoms with Gasteiger partial charge in [-0.3, -0.25) is 0 Å². The number of para-hydroxylation sites is 1. The molecule has 0 aliphatic heterocycles. The van der Waals surface area contributed by atoms with Crippen LogP contribution in [0.15, 0.2) is 30.3 Å². The van der Waals surface area contributed by atoms with E-state index in [4.69, 9.17) is 0 Å². The molecular weight excluding hydrogens is 196 g/mol. The molecule has 0 bridgehead atoms. The number of aromatic nitrogens is 2. The minimum Gasteiger partial charge on any atom is -0.363 e. The molecule has 1 heterocycles. The van der Waals surface area contributed by atoms with Gasteiger partial charge >= 0.3 is 0 Å². The van der Waals surface area contributed by atoms with E-state index in [1.165, 1.54) is 11.5 Å². The number of benzene rings is 1. The van der Waals surface area contributed by atoms with Crippen molar-refractivity contribution >= 4 is 28.3 Å². The van der Waals surface area contributed by atoms with Gasteiger partial charge in [0, 0.05) is 24.3 Å². The molecule has 0 aliphatic rings. The maximum atomic E-state index is 4.21. The molecule has 2 rings (SSSR count). The fourth-order valence-corrected chi connectivity index (χ4v) is 1.50. The van der Waals surface area contributed by atoms with Crippen LogP contribution in [0.5, 0.6) is 0 Å². The Kier molecular flexibility index (Phi) is 2.60. The molecular formula is C9H10N4S. The van der Waals surface area contributed by atoms with Crippen LogP contribution in [0, 0.1) is 0 Å². The van der Waals surface area contributed by atoms with E-state index >= 15 is 0 Å². The summed E-state index contributed by atoms with van der Waals surface area (Å²) >= 11 is 1.33. The van der Waals surface area contributed by atoms with Crippen molar-refractivity contribution in [3.8, 4) is 0 Å². The lowest BCUT2D eigenvalue weighted by molar-refractivity contribution is 1.29. The molecule has 2 aromatic rings. The maximum absolute atomic E-state index is 4.21. The number of anilines is 3. The van der Waals surface area contributed by atoms with Gasteiger partial charge in [0.25, 0.3) is 0 Å². The van der Waals surface area contributed by atoms with Crippen LogP contribution in [-0.2, 0) is 0 Å². The minimum absolute atomic E-state index is 0.630. The van der Waals surface area contributed by atoms with E-state index in [-0.39, 0.29) is 0 Å². The van der Waals surface area contributed by atoms with Crippen molar-refractivity contribution in [2.24, 2.45) is 0 Å². The lowest BCUT2D eigenvalue weighted by Crippen LogP contribution is -1.92. The predicted molar refractivity (Wildman–Crippen MR) is 59.2 cm³/mol. The molecule has 1 aromatic heterocycles. The smallest absolute Gasteiger partial charge is 0.240 e. The first kappa shape index (κ1) is 8.96. The van der Waals surface area contributed by atoms with E-state index in [1.54, 1.807) is 0 Å². The zero-order valence-corrected chi connectivity index (χ0v) is 8.51. The average Bonchev–Trinajstić information content (AvgIpc) is 2.67. The second-order valence-electron chi connectivity index (χ2n) is 2.66. The van der Waals surface area contributed by atoms with E-state index in [1.807, 2.05) is 37.4 Å². The third kappa shape index (κ3) is 2.00. The van der Waals surface area contributed by atoms with Crippen molar-refractivity contribution in [2.75, 3.05) is 17.7 Å². The van der Waals surface area contributed by atoms with Gasteiger partial charge in [0.15, 0.2) is 0 Å². The highest BCUT2D eigenvalue weighted by atomic mass is 32.1. The standard InChI is InChI=1S/C9H10N4S/c1-10-9-12-8(13-14-9)11-7-5-3-2-4-6-7/h2-6H,1H3,(H2,10,11,12,13). The summed E-state index contributed by atoms with van der Waals surface area (Å²) in [7, 11) is 1.83. The first-order valence-corrected chi connectivity index (χ1v) is 4.99. The molecule has 14 heavy (non-hydrogen) atoms. The van der Waals surface area contributed by atoms with Gasteiger partial charge in [-0.1, -0.05) is 18.2 Å². The Morgan fingerprint density at radius 2 is 2.00 bits per heavy atom. The Bertz CT molecular complexity index is 398. The van der Waals surface area contributed by atoms with Gasteiger partial charge in [-0.25, -0.2) is 0 Å². The fraction of sp³-hybridized carbons (Fsp3) is 0.111. The third-order valence-electron chi connectivity index (χ3n) is 1.67. The van der Waals surface area contributed by atoms with Crippen molar-refractivity contribution in [1.82, 2.24) is 9.36 Å². The van der Waals surface area contributed by atoms with E-state index in [0.29, 0.717) is 5.95 Å². The highest BCUT2D eigenvalue weighted by Crippen LogP contribution is 2.17. The second kappa shape index (κ2) is 4.06. The lowest BCUT2D eigenvalue weighted by Gasteiger charge is -1.99. The van der Waals surface area contributed by atoms with Gasteiger partial charge in [0.05, 0.1) is 0 Å². The van der Waals surface area contributed by atoms with Crippen molar-refractivity contribution in [3.05, 3.63) is 30.3 Å². The number of rotatable bonds is 3. The summed E-state index contributed by atoms with van der Waals surface area (Å²) in [6.07, 6.45) is 0. The average molecular weight is 206 g/mol. The minimum atomic E-state index is 0.630. The van der Waals surface area contributed by atoms with Gasteiger partial charge in [-0.05, 0) is 12.1 Å².